The van der Waals surface area contributed by atoms with Gasteiger partial charge >= 0.3 is 6.09 Å². The molecule has 1 aliphatic rings. The molecule has 27 heavy (non-hydrogen) atoms. The number of thiazole rings is 1. The standard InChI is InChI=1S/C18H22N4O4S/c1-2-25-18(24)22-8-6-21(7-9-22)17(23)10-14-13-27-16(20-14)12-26-15-4-3-5-19-11-15/h3-5,11,13H,2,6-10,12H2,1H3. The van der Waals surface area contributed by atoms with Crippen LogP contribution >= 0.6 is 11.3 Å². The molecule has 0 saturated carbocycles. The van der Waals surface area contributed by atoms with Crippen LogP contribution in [0.1, 0.15) is 17.6 Å². The molecule has 2 amide bonds. The molecule has 1 fully saturated rings. The third-order valence-electron chi connectivity index (χ3n) is 4.09. The van der Waals surface area contributed by atoms with E-state index in [0.717, 1.165) is 10.7 Å². The zero-order valence-electron chi connectivity index (χ0n) is 15.2. The highest BCUT2D eigenvalue weighted by Crippen LogP contribution is 2.15. The molecule has 144 valence electrons. The van der Waals surface area contributed by atoms with Crippen LogP contribution in [0.5, 0.6) is 5.75 Å². The minimum atomic E-state index is -0.317. The number of ether oxygens (including phenoxy) is 2. The molecule has 1 saturated heterocycles. The molecule has 1 aliphatic heterocycles. The van der Waals surface area contributed by atoms with Crippen molar-refractivity contribution in [1.29, 1.82) is 0 Å². The van der Waals surface area contributed by atoms with Crippen LogP contribution in [0.25, 0.3) is 0 Å². The smallest absolute Gasteiger partial charge is 0.409 e. The van der Waals surface area contributed by atoms with Crippen molar-refractivity contribution in [2.45, 2.75) is 20.0 Å². The third kappa shape index (κ3) is 5.40. The summed E-state index contributed by atoms with van der Waals surface area (Å²) in [6.45, 7) is 4.49. The molecule has 0 spiro atoms. The number of hydrogen-bond acceptors (Lipinski definition) is 7. The number of nitrogens with zero attached hydrogens (tertiary/aromatic N) is 4. The lowest BCUT2D eigenvalue weighted by atomic mass is 10.2. The first kappa shape index (κ1) is 19.1. The van der Waals surface area contributed by atoms with E-state index in [-0.39, 0.29) is 18.4 Å². The van der Waals surface area contributed by atoms with Gasteiger partial charge in [0.15, 0.2) is 0 Å². The zero-order chi connectivity index (χ0) is 19.1. The molecule has 0 aliphatic carbocycles. The lowest BCUT2D eigenvalue weighted by Crippen LogP contribution is -2.51. The first-order valence-electron chi connectivity index (χ1n) is 8.81. The average molecular weight is 390 g/mol. The van der Waals surface area contributed by atoms with Crippen LogP contribution in [0.2, 0.25) is 0 Å². The number of carbonyl (C=O) groups excluding carboxylic acids is 2. The van der Waals surface area contributed by atoms with Crippen LogP contribution in [0.15, 0.2) is 29.9 Å². The number of piperazine rings is 1. The summed E-state index contributed by atoms with van der Waals surface area (Å²) in [6, 6.07) is 3.64. The summed E-state index contributed by atoms with van der Waals surface area (Å²) in [7, 11) is 0. The van der Waals surface area contributed by atoms with Gasteiger partial charge in [-0.3, -0.25) is 9.78 Å². The van der Waals surface area contributed by atoms with Gasteiger partial charge in [0.1, 0.15) is 17.4 Å². The summed E-state index contributed by atoms with van der Waals surface area (Å²) < 4.78 is 10.6. The van der Waals surface area contributed by atoms with Crippen molar-refractivity contribution in [2.24, 2.45) is 0 Å². The Labute approximate surface area is 161 Å². The fraction of sp³-hybridized carbons (Fsp3) is 0.444. The second kappa shape index (κ2) is 9.31. The maximum Gasteiger partial charge on any atom is 0.409 e. The number of pyridine rings is 1. The van der Waals surface area contributed by atoms with Crippen LogP contribution in [-0.4, -0.2) is 64.6 Å². The number of carbonyl (C=O) groups is 2. The van der Waals surface area contributed by atoms with E-state index in [1.54, 1.807) is 29.1 Å². The molecule has 0 bridgehead atoms. The Hall–Kier alpha value is -2.68. The summed E-state index contributed by atoms with van der Waals surface area (Å²) in [5.74, 6) is 0.702. The first-order valence-corrected chi connectivity index (χ1v) is 9.69. The minimum absolute atomic E-state index is 0.0172. The van der Waals surface area contributed by atoms with Crippen LogP contribution in [0.3, 0.4) is 0 Å². The highest BCUT2D eigenvalue weighted by Gasteiger charge is 2.25. The molecule has 8 nitrogen and oxygen atoms in total. The molecule has 2 aromatic rings. The van der Waals surface area contributed by atoms with E-state index in [4.69, 9.17) is 9.47 Å². The summed E-state index contributed by atoms with van der Waals surface area (Å²) in [4.78, 5) is 36.0. The minimum Gasteiger partial charge on any atom is -0.485 e. The molecule has 0 unspecified atom stereocenters. The van der Waals surface area contributed by atoms with Crippen molar-refractivity contribution < 1.29 is 19.1 Å². The average Bonchev–Trinajstić information content (AvgIpc) is 3.15. The maximum atomic E-state index is 12.5. The second-order valence-electron chi connectivity index (χ2n) is 5.95. The molecular weight excluding hydrogens is 368 g/mol. The van der Waals surface area contributed by atoms with Gasteiger partial charge in [0.2, 0.25) is 5.91 Å². The second-order valence-corrected chi connectivity index (χ2v) is 6.90. The van der Waals surface area contributed by atoms with E-state index in [1.807, 2.05) is 17.5 Å². The molecule has 0 radical (unpaired) electrons. The Morgan fingerprint density at radius 1 is 1.22 bits per heavy atom. The van der Waals surface area contributed by atoms with Crippen molar-refractivity contribution in [2.75, 3.05) is 32.8 Å². The van der Waals surface area contributed by atoms with Gasteiger partial charge < -0.3 is 19.3 Å². The van der Waals surface area contributed by atoms with Gasteiger partial charge in [-0.15, -0.1) is 11.3 Å². The Morgan fingerprint density at radius 2 is 2.00 bits per heavy atom. The van der Waals surface area contributed by atoms with E-state index in [9.17, 15) is 9.59 Å². The molecule has 2 aromatic heterocycles. The highest BCUT2D eigenvalue weighted by molar-refractivity contribution is 7.09. The third-order valence-corrected chi connectivity index (χ3v) is 4.96. The predicted octanol–water partition coefficient (Wildman–Crippen LogP) is 1.96. The van der Waals surface area contributed by atoms with Gasteiger partial charge in [-0.05, 0) is 19.1 Å². The van der Waals surface area contributed by atoms with Gasteiger partial charge in [0.25, 0.3) is 0 Å². The van der Waals surface area contributed by atoms with Crippen molar-refractivity contribution in [3.63, 3.8) is 0 Å². The SMILES string of the molecule is CCOC(=O)N1CCN(C(=O)Cc2csc(COc3cccnc3)n2)CC1. The predicted molar refractivity (Wildman–Crippen MR) is 99.6 cm³/mol. The Kier molecular flexibility index (Phi) is 6.59. The van der Waals surface area contributed by atoms with Crippen LogP contribution in [-0.2, 0) is 22.6 Å². The number of rotatable bonds is 6. The fourth-order valence-corrected chi connectivity index (χ4v) is 3.40. The summed E-state index contributed by atoms with van der Waals surface area (Å²) in [5.41, 5.74) is 0.739. The van der Waals surface area contributed by atoms with Gasteiger partial charge in [-0.2, -0.15) is 0 Å². The normalized spacial score (nSPS) is 14.1. The molecule has 3 rings (SSSR count). The van der Waals surface area contributed by atoms with E-state index in [0.29, 0.717) is 45.1 Å². The van der Waals surface area contributed by atoms with Crippen LogP contribution in [0, 0.1) is 0 Å². The van der Waals surface area contributed by atoms with E-state index < -0.39 is 0 Å². The molecule has 0 aromatic carbocycles. The zero-order valence-corrected chi connectivity index (χ0v) is 16.0. The van der Waals surface area contributed by atoms with Crippen molar-refractivity contribution in [3.05, 3.63) is 40.6 Å². The van der Waals surface area contributed by atoms with Crippen molar-refractivity contribution in [1.82, 2.24) is 19.8 Å². The van der Waals surface area contributed by atoms with E-state index >= 15 is 0 Å². The van der Waals surface area contributed by atoms with Crippen molar-refractivity contribution >= 4 is 23.3 Å². The Morgan fingerprint density at radius 3 is 2.70 bits per heavy atom. The molecule has 0 atom stereocenters. The summed E-state index contributed by atoms with van der Waals surface area (Å²) >= 11 is 1.47. The Balaban J connectivity index is 1.45. The first-order chi connectivity index (χ1) is 13.2. The largest absolute Gasteiger partial charge is 0.485 e. The number of aromatic nitrogens is 2. The van der Waals surface area contributed by atoms with Gasteiger partial charge in [0.05, 0.1) is 24.9 Å². The Bertz CT molecular complexity index is 760. The van der Waals surface area contributed by atoms with Gasteiger partial charge in [-0.1, -0.05) is 0 Å². The van der Waals surface area contributed by atoms with Gasteiger partial charge in [-0.25, -0.2) is 9.78 Å². The van der Waals surface area contributed by atoms with E-state index in [1.165, 1.54) is 11.3 Å². The monoisotopic (exact) mass is 390 g/mol. The molecular formula is C18H22N4O4S. The van der Waals surface area contributed by atoms with Gasteiger partial charge in [0, 0.05) is 37.8 Å². The topological polar surface area (TPSA) is 84.9 Å². The lowest BCUT2D eigenvalue weighted by molar-refractivity contribution is -0.132. The van der Waals surface area contributed by atoms with Crippen LogP contribution in [0.4, 0.5) is 4.79 Å². The number of hydrogen-bond donors (Lipinski definition) is 0. The molecule has 0 N–H and O–H groups in total. The quantitative estimate of drug-likeness (QED) is 0.750. The summed E-state index contributed by atoms with van der Waals surface area (Å²) in [5, 5.41) is 2.70. The summed E-state index contributed by atoms with van der Waals surface area (Å²) in [6.07, 6.45) is 3.27. The van der Waals surface area contributed by atoms with Crippen molar-refractivity contribution in [3.8, 4) is 5.75 Å². The molecule has 3 heterocycles. The maximum absolute atomic E-state index is 12.5. The molecule has 9 heteroatoms. The fourth-order valence-electron chi connectivity index (χ4n) is 2.69. The van der Waals surface area contributed by atoms with E-state index in [2.05, 4.69) is 9.97 Å². The highest BCUT2D eigenvalue weighted by atomic mass is 32.1. The lowest BCUT2D eigenvalue weighted by Gasteiger charge is -2.34. The number of amides is 2. The van der Waals surface area contributed by atoms with Crippen LogP contribution < -0.4 is 4.74 Å².